The van der Waals surface area contributed by atoms with Gasteiger partial charge in [-0.15, -0.1) is 13.2 Å². The maximum absolute atomic E-state index is 11.8. The molecule has 0 N–H and O–H groups in total. The van der Waals surface area contributed by atoms with Crippen molar-refractivity contribution in [3.8, 4) is 0 Å². The summed E-state index contributed by atoms with van der Waals surface area (Å²) < 4.78 is 0. The fourth-order valence-corrected chi connectivity index (χ4v) is 1.53. The predicted octanol–water partition coefficient (Wildman–Crippen LogP) is 3.51. The lowest BCUT2D eigenvalue weighted by atomic mass is 9.76. The summed E-state index contributed by atoms with van der Waals surface area (Å²) in [5, 5.41) is 0. The maximum atomic E-state index is 11.8. The van der Waals surface area contributed by atoms with Gasteiger partial charge in [0.1, 0.15) is 5.78 Å². The third-order valence-electron chi connectivity index (χ3n) is 2.56. The first-order valence-corrected chi connectivity index (χ1v) is 4.94. The molecular formula is C12H20O. The monoisotopic (exact) mass is 180 g/mol. The fraction of sp³-hybridized carbons (Fsp3) is 0.583. The van der Waals surface area contributed by atoms with E-state index in [-0.39, 0.29) is 5.41 Å². The first-order valence-electron chi connectivity index (χ1n) is 4.94. The molecule has 0 fully saturated rings. The zero-order valence-corrected chi connectivity index (χ0v) is 8.81. The predicted molar refractivity (Wildman–Crippen MR) is 57.7 cm³/mol. The van der Waals surface area contributed by atoms with Crippen molar-refractivity contribution < 1.29 is 4.79 Å². The number of ketones is 1. The van der Waals surface area contributed by atoms with Gasteiger partial charge in [0, 0.05) is 11.8 Å². The van der Waals surface area contributed by atoms with Crippen molar-refractivity contribution in [2.75, 3.05) is 0 Å². The van der Waals surface area contributed by atoms with Crippen molar-refractivity contribution in [1.29, 1.82) is 0 Å². The van der Waals surface area contributed by atoms with Gasteiger partial charge in [-0.05, 0) is 19.3 Å². The molecule has 0 aromatic rings. The maximum Gasteiger partial charge on any atom is 0.143 e. The Hall–Kier alpha value is -0.850. The number of carbonyl (C=O) groups excluding carboxylic acids is 1. The van der Waals surface area contributed by atoms with E-state index >= 15 is 0 Å². The van der Waals surface area contributed by atoms with E-state index in [2.05, 4.69) is 13.2 Å². The summed E-state index contributed by atoms with van der Waals surface area (Å²) in [6.07, 6.45) is 6.68. The first kappa shape index (κ1) is 12.2. The van der Waals surface area contributed by atoms with Crippen LogP contribution in [0.3, 0.4) is 0 Å². The highest BCUT2D eigenvalue weighted by atomic mass is 16.1. The van der Waals surface area contributed by atoms with Crippen molar-refractivity contribution in [3.05, 3.63) is 25.3 Å². The normalized spacial score (nSPS) is 14.6. The molecule has 0 aliphatic rings. The average molecular weight is 180 g/mol. The van der Waals surface area contributed by atoms with Crippen LogP contribution in [0, 0.1) is 5.41 Å². The third kappa shape index (κ3) is 2.83. The van der Waals surface area contributed by atoms with E-state index in [4.69, 9.17) is 0 Å². The Morgan fingerprint density at radius 2 is 2.00 bits per heavy atom. The van der Waals surface area contributed by atoms with Crippen molar-refractivity contribution >= 4 is 5.78 Å². The Morgan fingerprint density at radius 1 is 1.38 bits per heavy atom. The van der Waals surface area contributed by atoms with Crippen LogP contribution >= 0.6 is 0 Å². The first-order chi connectivity index (χ1) is 6.16. The highest BCUT2D eigenvalue weighted by molar-refractivity contribution is 5.86. The number of hydrogen-bond donors (Lipinski definition) is 0. The average Bonchev–Trinajstić information content (AvgIpc) is 2.14. The molecule has 0 amide bonds. The second-order valence-corrected chi connectivity index (χ2v) is 3.38. The van der Waals surface area contributed by atoms with Crippen LogP contribution in [0.15, 0.2) is 25.3 Å². The highest BCUT2D eigenvalue weighted by Gasteiger charge is 2.30. The third-order valence-corrected chi connectivity index (χ3v) is 2.56. The van der Waals surface area contributed by atoms with Gasteiger partial charge in [0.25, 0.3) is 0 Å². The minimum atomic E-state index is -0.349. The second kappa shape index (κ2) is 5.74. The van der Waals surface area contributed by atoms with Gasteiger partial charge < -0.3 is 0 Å². The van der Waals surface area contributed by atoms with Crippen molar-refractivity contribution in [2.24, 2.45) is 5.41 Å². The molecule has 0 aromatic heterocycles. The second-order valence-electron chi connectivity index (χ2n) is 3.38. The molecule has 74 valence electrons. The Kier molecular flexibility index (Phi) is 5.36. The van der Waals surface area contributed by atoms with E-state index in [0.29, 0.717) is 18.6 Å². The minimum absolute atomic E-state index is 0.299. The largest absolute Gasteiger partial charge is 0.299 e. The summed E-state index contributed by atoms with van der Waals surface area (Å²) >= 11 is 0. The van der Waals surface area contributed by atoms with Crippen molar-refractivity contribution in [2.45, 2.75) is 39.5 Å². The summed E-state index contributed by atoms with van der Waals surface area (Å²) in [5.74, 6) is 0.299. The van der Waals surface area contributed by atoms with E-state index in [1.807, 2.05) is 13.8 Å². The zero-order valence-electron chi connectivity index (χ0n) is 8.81. The lowest BCUT2D eigenvalue weighted by Crippen LogP contribution is -2.27. The van der Waals surface area contributed by atoms with Gasteiger partial charge >= 0.3 is 0 Å². The smallest absolute Gasteiger partial charge is 0.143 e. The number of rotatable bonds is 7. The van der Waals surface area contributed by atoms with Crippen LogP contribution in [0.2, 0.25) is 0 Å². The van der Waals surface area contributed by atoms with E-state index in [0.717, 1.165) is 12.8 Å². The molecule has 1 unspecified atom stereocenters. The molecule has 1 nitrogen and oxygen atoms in total. The Balaban J connectivity index is 4.62. The minimum Gasteiger partial charge on any atom is -0.299 e. The molecule has 0 rings (SSSR count). The van der Waals surface area contributed by atoms with Gasteiger partial charge in [-0.1, -0.05) is 26.0 Å². The van der Waals surface area contributed by atoms with Gasteiger partial charge in [-0.25, -0.2) is 0 Å². The molecule has 0 aliphatic heterocycles. The molecule has 0 saturated heterocycles. The van der Waals surface area contributed by atoms with Gasteiger partial charge in [-0.2, -0.15) is 0 Å². The summed E-state index contributed by atoms with van der Waals surface area (Å²) in [6.45, 7) is 11.5. The SMILES string of the molecule is C=CCC(C=C)(CC)C(=O)CCC. The van der Waals surface area contributed by atoms with Crippen LogP contribution in [0.4, 0.5) is 0 Å². The van der Waals surface area contributed by atoms with Gasteiger partial charge in [-0.3, -0.25) is 4.79 Å². The Bertz CT molecular complexity index is 193. The quantitative estimate of drug-likeness (QED) is 0.548. The summed E-state index contributed by atoms with van der Waals surface area (Å²) in [7, 11) is 0. The molecule has 0 saturated carbocycles. The topological polar surface area (TPSA) is 17.1 Å². The highest BCUT2D eigenvalue weighted by Crippen LogP contribution is 2.31. The van der Waals surface area contributed by atoms with E-state index < -0.39 is 0 Å². The molecule has 0 spiro atoms. The van der Waals surface area contributed by atoms with Gasteiger partial charge in [0.2, 0.25) is 0 Å². The molecule has 0 radical (unpaired) electrons. The van der Waals surface area contributed by atoms with Crippen LogP contribution in [-0.2, 0) is 4.79 Å². The van der Waals surface area contributed by atoms with Crippen molar-refractivity contribution in [3.63, 3.8) is 0 Å². The Morgan fingerprint density at radius 3 is 2.31 bits per heavy atom. The van der Waals surface area contributed by atoms with Gasteiger partial charge in [0.05, 0.1) is 0 Å². The molecule has 0 aliphatic carbocycles. The lowest BCUT2D eigenvalue weighted by molar-refractivity contribution is -0.126. The summed E-state index contributed by atoms with van der Waals surface area (Å²) in [5.41, 5.74) is -0.349. The van der Waals surface area contributed by atoms with Crippen LogP contribution in [0.25, 0.3) is 0 Å². The molecular weight excluding hydrogens is 160 g/mol. The molecule has 0 heterocycles. The van der Waals surface area contributed by atoms with Crippen LogP contribution < -0.4 is 0 Å². The van der Waals surface area contributed by atoms with Crippen LogP contribution in [-0.4, -0.2) is 5.78 Å². The lowest BCUT2D eigenvalue weighted by Gasteiger charge is -2.26. The van der Waals surface area contributed by atoms with Crippen LogP contribution in [0.5, 0.6) is 0 Å². The van der Waals surface area contributed by atoms with Gasteiger partial charge in [0.15, 0.2) is 0 Å². The summed E-state index contributed by atoms with van der Waals surface area (Å²) in [4.78, 5) is 11.8. The Labute approximate surface area is 81.5 Å². The summed E-state index contributed by atoms with van der Waals surface area (Å²) in [6, 6.07) is 0. The van der Waals surface area contributed by atoms with E-state index in [1.165, 1.54) is 0 Å². The molecule has 0 aromatic carbocycles. The number of hydrogen-bond acceptors (Lipinski definition) is 1. The standard InChI is InChI=1S/C12H20O/c1-5-9-11(13)12(7-3,8-4)10-6-2/h6-7H,2-3,5,8-10H2,1,4H3. The van der Waals surface area contributed by atoms with E-state index in [1.54, 1.807) is 12.2 Å². The number of Topliss-reactive ketones (excluding diaryl/α,β-unsaturated/α-hetero) is 1. The number of carbonyl (C=O) groups is 1. The van der Waals surface area contributed by atoms with Crippen molar-refractivity contribution in [1.82, 2.24) is 0 Å². The zero-order chi connectivity index (χ0) is 10.3. The van der Waals surface area contributed by atoms with Crippen LogP contribution in [0.1, 0.15) is 39.5 Å². The molecule has 13 heavy (non-hydrogen) atoms. The molecule has 1 atom stereocenters. The molecule has 1 heteroatoms. The van der Waals surface area contributed by atoms with E-state index in [9.17, 15) is 4.79 Å². The fourth-order valence-electron chi connectivity index (χ4n) is 1.53. The molecule has 0 bridgehead atoms. The number of allylic oxidation sites excluding steroid dienone is 2.